The number of aryl methyl sites for hydroxylation is 1. The number of hydrogen-bond acceptors (Lipinski definition) is 6. The number of urea groups is 1. The van der Waals surface area contributed by atoms with E-state index in [2.05, 4.69) is 43.9 Å². The van der Waals surface area contributed by atoms with E-state index in [0.717, 1.165) is 51.4 Å². The van der Waals surface area contributed by atoms with Crippen LogP contribution in [0.1, 0.15) is 31.7 Å². The molecular weight excluding hydrogens is 308 g/mol. The first kappa shape index (κ1) is 17.2. The Kier molecular flexibility index (Phi) is 5.35. The molecule has 3 heterocycles. The van der Waals surface area contributed by atoms with Crippen molar-refractivity contribution < 1.29 is 9.42 Å². The van der Waals surface area contributed by atoms with Crippen LogP contribution in [0.2, 0.25) is 0 Å². The van der Waals surface area contributed by atoms with Crippen molar-refractivity contribution in [1.29, 1.82) is 0 Å². The number of piperazine rings is 1. The molecule has 2 fully saturated rings. The Hall–Kier alpha value is -1.67. The lowest BCUT2D eigenvalue weighted by atomic mass is 10.1. The molecule has 1 N–H and O–H groups in total. The second-order valence-corrected chi connectivity index (χ2v) is 7.01. The SMILES string of the molecule is Cc1nonc1CNC(=O)N1CCC(N2CCN(C(C)C)CC2)C1. The zero-order valence-corrected chi connectivity index (χ0v) is 14.9. The van der Waals surface area contributed by atoms with Crippen molar-refractivity contribution >= 4 is 6.03 Å². The van der Waals surface area contributed by atoms with Gasteiger partial charge >= 0.3 is 6.03 Å². The molecule has 0 aliphatic carbocycles. The van der Waals surface area contributed by atoms with E-state index in [0.29, 0.717) is 24.3 Å². The Morgan fingerprint density at radius 3 is 2.62 bits per heavy atom. The van der Waals surface area contributed by atoms with Gasteiger partial charge in [-0.25, -0.2) is 9.42 Å². The first-order valence-corrected chi connectivity index (χ1v) is 8.83. The smallest absolute Gasteiger partial charge is 0.317 e. The monoisotopic (exact) mass is 336 g/mol. The fourth-order valence-corrected chi connectivity index (χ4v) is 3.52. The second-order valence-electron chi connectivity index (χ2n) is 7.01. The van der Waals surface area contributed by atoms with Crippen molar-refractivity contribution in [1.82, 2.24) is 30.3 Å². The molecule has 2 aliphatic rings. The van der Waals surface area contributed by atoms with Crippen molar-refractivity contribution in [3.05, 3.63) is 11.4 Å². The number of likely N-dealkylation sites (tertiary alicyclic amines) is 1. The largest absolute Gasteiger partial charge is 0.332 e. The van der Waals surface area contributed by atoms with E-state index < -0.39 is 0 Å². The third kappa shape index (κ3) is 3.87. The van der Waals surface area contributed by atoms with E-state index in [-0.39, 0.29) is 6.03 Å². The minimum absolute atomic E-state index is 0.0271. The highest BCUT2D eigenvalue weighted by atomic mass is 16.6. The van der Waals surface area contributed by atoms with Gasteiger partial charge in [0.15, 0.2) is 0 Å². The summed E-state index contributed by atoms with van der Waals surface area (Å²) in [4.78, 5) is 19.3. The summed E-state index contributed by atoms with van der Waals surface area (Å²) in [7, 11) is 0. The molecule has 2 aliphatic heterocycles. The normalized spacial score (nSPS) is 23.2. The molecule has 8 heteroatoms. The number of hydrogen-bond donors (Lipinski definition) is 1. The average Bonchev–Trinajstić information content (AvgIpc) is 3.22. The highest BCUT2D eigenvalue weighted by Crippen LogP contribution is 2.18. The van der Waals surface area contributed by atoms with E-state index in [1.165, 1.54) is 0 Å². The Labute approximate surface area is 143 Å². The standard InChI is InChI=1S/C16H28N6O2/c1-12(2)20-6-8-21(9-7-20)14-4-5-22(11-14)16(23)17-10-15-13(3)18-24-19-15/h12,14H,4-11H2,1-3H3,(H,17,23). The van der Waals surface area contributed by atoms with Crippen molar-refractivity contribution in [3.63, 3.8) is 0 Å². The van der Waals surface area contributed by atoms with Crippen LogP contribution in [0.4, 0.5) is 4.79 Å². The van der Waals surface area contributed by atoms with Gasteiger partial charge in [-0.15, -0.1) is 0 Å². The summed E-state index contributed by atoms with van der Waals surface area (Å²) >= 11 is 0. The molecule has 1 aromatic heterocycles. The maximum absolute atomic E-state index is 12.3. The summed E-state index contributed by atoms with van der Waals surface area (Å²) in [6, 6.07) is 1.08. The van der Waals surface area contributed by atoms with E-state index in [9.17, 15) is 4.79 Å². The topological polar surface area (TPSA) is 77.7 Å². The molecule has 0 aromatic carbocycles. The third-order valence-corrected chi connectivity index (χ3v) is 5.20. The number of amides is 2. The molecule has 2 saturated heterocycles. The zero-order chi connectivity index (χ0) is 17.1. The van der Waals surface area contributed by atoms with Crippen LogP contribution in [-0.2, 0) is 6.54 Å². The quantitative estimate of drug-likeness (QED) is 0.872. The summed E-state index contributed by atoms with van der Waals surface area (Å²) in [5.41, 5.74) is 1.40. The average molecular weight is 336 g/mol. The number of carbonyl (C=O) groups is 1. The van der Waals surface area contributed by atoms with Gasteiger partial charge in [-0.3, -0.25) is 9.80 Å². The number of nitrogens with zero attached hydrogens (tertiary/aromatic N) is 5. The first-order valence-electron chi connectivity index (χ1n) is 8.83. The molecule has 0 bridgehead atoms. The van der Waals surface area contributed by atoms with Crippen molar-refractivity contribution in [3.8, 4) is 0 Å². The predicted molar refractivity (Wildman–Crippen MR) is 89.5 cm³/mol. The molecule has 2 amide bonds. The van der Waals surface area contributed by atoms with Gasteiger partial charge in [-0.2, -0.15) is 0 Å². The first-order chi connectivity index (χ1) is 11.5. The van der Waals surface area contributed by atoms with E-state index in [1.54, 1.807) is 0 Å². The molecule has 3 rings (SSSR count). The summed E-state index contributed by atoms with van der Waals surface area (Å²) in [6.07, 6.45) is 1.06. The highest BCUT2D eigenvalue weighted by molar-refractivity contribution is 5.74. The summed E-state index contributed by atoms with van der Waals surface area (Å²) in [5.74, 6) is 0. The fourth-order valence-electron chi connectivity index (χ4n) is 3.52. The third-order valence-electron chi connectivity index (χ3n) is 5.20. The summed E-state index contributed by atoms with van der Waals surface area (Å²) in [5, 5.41) is 10.4. The van der Waals surface area contributed by atoms with Crippen molar-refractivity contribution in [2.24, 2.45) is 0 Å². The Bertz CT molecular complexity index is 553. The lowest BCUT2D eigenvalue weighted by molar-refractivity contribution is 0.0809. The van der Waals surface area contributed by atoms with Crippen LogP contribution in [0.5, 0.6) is 0 Å². The van der Waals surface area contributed by atoms with Gasteiger partial charge in [0.25, 0.3) is 0 Å². The molecule has 134 valence electrons. The Morgan fingerprint density at radius 1 is 1.25 bits per heavy atom. The van der Waals surface area contributed by atoms with Gasteiger partial charge in [0.2, 0.25) is 0 Å². The zero-order valence-electron chi connectivity index (χ0n) is 14.9. The van der Waals surface area contributed by atoms with E-state index in [1.807, 2.05) is 11.8 Å². The van der Waals surface area contributed by atoms with Gasteiger partial charge in [0.05, 0.1) is 6.54 Å². The van der Waals surface area contributed by atoms with Crippen LogP contribution in [0.25, 0.3) is 0 Å². The number of rotatable bonds is 4. The summed E-state index contributed by atoms with van der Waals surface area (Å²) < 4.78 is 4.65. The van der Waals surface area contributed by atoms with Crippen LogP contribution in [-0.4, -0.2) is 82.4 Å². The predicted octanol–water partition coefficient (Wildman–Crippen LogP) is 0.688. The number of nitrogens with one attached hydrogen (secondary N) is 1. The lowest BCUT2D eigenvalue weighted by Gasteiger charge is -2.39. The second kappa shape index (κ2) is 7.48. The molecule has 0 spiro atoms. The van der Waals surface area contributed by atoms with Gasteiger partial charge in [-0.1, -0.05) is 10.3 Å². The number of carbonyl (C=O) groups excluding carboxylic acids is 1. The van der Waals surface area contributed by atoms with E-state index >= 15 is 0 Å². The van der Waals surface area contributed by atoms with E-state index in [4.69, 9.17) is 0 Å². The summed E-state index contributed by atoms with van der Waals surface area (Å²) in [6.45, 7) is 12.8. The highest BCUT2D eigenvalue weighted by Gasteiger charge is 2.32. The van der Waals surface area contributed by atoms with Crippen LogP contribution in [0.15, 0.2) is 4.63 Å². The number of aromatic nitrogens is 2. The maximum Gasteiger partial charge on any atom is 0.317 e. The van der Waals surface area contributed by atoms with Crippen LogP contribution in [0, 0.1) is 6.92 Å². The Balaban J connectivity index is 1.43. The van der Waals surface area contributed by atoms with Crippen LogP contribution in [0.3, 0.4) is 0 Å². The molecule has 8 nitrogen and oxygen atoms in total. The molecule has 1 aromatic rings. The van der Waals surface area contributed by atoms with Gasteiger partial charge < -0.3 is 10.2 Å². The molecule has 1 atom stereocenters. The van der Waals surface area contributed by atoms with Crippen molar-refractivity contribution in [2.75, 3.05) is 39.3 Å². The maximum atomic E-state index is 12.3. The lowest BCUT2D eigenvalue weighted by Crippen LogP contribution is -2.53. The van der Waals surface area contributed by atoms with Gasteiger partial charge in [-0.05, 0) is 27.2 Å². The Morgan fingerprint density at radius 2 is 2.00 bits per heavy atom. The minimum atomic E-state index is -0.0271. The van der Waals surface area contributed by atoms with Crippen molar-refractivity contribution in [2.45, 2.75) is 45.8 Å². The van der Waals surface area contributed by atoms with Gasteiger partial charge in [0.1, 0.15) is 11.4 Å². The van der Waals surface area contributed by atoms with Gasteiger partial charge in [0, 0.05) is 51.4 Å². The molecule has 1 unspecified atom stereocenters. The van der Waals surface area contributed by atoms with Crippen LogP contribution >= 0.6 is 0 Å². The molecule has 0 saturated carbocycles. The van der Waals surface area contributed by atoms with Crippen LogP contribution < -0.4 is 5.32 Å². The fraction of sp³-hybridized carbons (Fsp3) is 0.812. The minimum Gasteiger partial charge on any atom is -0.332 e. The molecule has 0 radical (unpaired) electrons. The molecular formula is C16H28N6O2. The molecule has 24 heavy (non-hydrogen) atoms.